The van der Waals surface area contributed by atoms with Crippen LogP contribution in [0.25, 0.3) is 119 Å². The van der Waals surface area contributed by atoms with Gasteiger partial charge < -0.3 is 0 Å². The zero-order chi connectivity index (χ0) is 41.0. The first-order valence-electron chi connectivity index (χ1n) is 20.8. The van der Waals surface area contributed by atoms with Crippen LogP contribution in [0.1, 0.15) is 0 Å². The number of hydrogen-bond donors (Lipinski definition) is 0. The van der Waals surface area contributed by atoms with Crippen LogP contribution in [0.2, 0.25) is 0 Å². The van der Waals surface area contributed by atoms with E-state index in [0.717, 1.165) is 70.6 Å². The summed E-state index contributed by atoms with van der Waals surface area (Å²) in [5.41, 5.74) is 11.8. The lowest BCUT2D eigenvalue weighted by molar-refractivity contribution is 1.08. The summed E-state index contributed by atoms with van der Waals surface area (Å²) in [4.78, 5) is 16.7. The maximum Gasteiger partial charge on any atom is 0.165 e. The van der Waals surface area contributed by atoms with Crippen molar-refractivity contribution in [1.29, 1.82) is 0 Å². The van der Waals surface area contributed by atoms with Gasteiger partial charge in [-0.05, 0) is 69.3 Å². The Labute approximate surface area is 366 Å². The number of fused-ring (bicyclic) bond motifs is 6. The molecule has 0 saturated carbocycles. The van der Waals surface area contributed by atoms with Crippen molar-refractivity contribution in [3.8, 4) is 78.7 Å². The van der Waals surface area contributed by atoms with Gasteiger partial charge in [0.2, 0.25) is 0 Å². The van der Waals surface area contributed by atoms with Gasteiger partial charge in [-0.15, -0.1) is 22.7 Å². The largest absolute Gasteiger partial charge is 0.208 e. The molecule has 0 amide bonds. The van der Waals surface area contributed by atoms with Crippen molar-refractivity contribution >= 4 is 63.0 Å². The molecule has 0 radical (unpaired) electrons. The van der Waals surface area contributed by atoms with Crippen molar-refractivity contribution in [2.75, 3.05) is 0 Å². The van der Waals surface area contributed by atoms with Gasteiger partial charge in [0.1, 0.15) is 0 Å². The molecule has 0 fully saturated rings. The summed E-state index contributed by atoms with van der Waals surface area (Å²) < 4.78 is 4.80. The third-order valence-electron chi connectivity index (χ3n) is 11.8. The molecule has 12 aromatic rings. The summed E-state index contributed by atoms with van der Waals surface area (Å²) in [5, 5.41) is 4.88. The topological polar surface area (TPSA) is 38.7 Å². The maximum absolute atomic E-state index is 5.62. The predicted molar refractivity (Wildman–Crippen MR) is 264 cm³/mol. The second kappa shape index (κ2) is 15.2. The second-order valence-electron chi connectivity index (χ2n) is 15.5. The minimum absolute atomic E-state index is 0.623. The van der Waals surface area contributed by atoms with Crippen LogP contribution >= 0.6 is 22.7 Å². The molecule has 9 aromatic carbocycles. The summed E-state index contributed by atoms with van der Waals surface area (Å²) in [6.07, 6.45) is 0. The van der Waals surface area contributed by atoms with Crippen LogP contribution < -0.4 is 0 Å². The number of benzene rings is 9. The van der Waals surface area contributed by atoms with E-state index >= 15 is 0 Å². The minimum Gasteiger partial charge on any atom is -0.208 e. The SMILES string of the molecule is c1ccc(-c2cccc(-c3c(-c4ccccc4)ccc(-c4ccccc4)c3-c3nc(-c4cccc5c4sc4ccccc45)nc(-c4cccc5c4sc4ccccc45)n3)c2)cc1. The molecule has 0 spiro atoms. The number of aromatic nitrogens is 3. The first-order valence-corrected chi connectivity index (χ1v) is 22.4. The van der Waals surface area contributed by atoms with Crippen LogP contribution in [0.3, 0.4) is 0 Å². The lowest BCUT2D eigenvalue weighted by Gasteiger charge is -2.21. The molecule has 0 aliphatic heterocycles. The number of thiophene rings is 2. The van der Waals surface area contributed by atoms with Crippen molar-refractivity contribution in [3.05, 3.63) is 212 Å². The van der Waals surface area contributed by atoms with Gasteiger partial charge in [-0.3, -0.25) is 0 Å². The Morgan fingerprint density at radius 2 is 0.661 bits per heavy atom. The van der Waals surface area contributed by atoms with Gasteiger partial charge >= 0.3 is 0 Å². The van der Waals surface area contributed by atoms with Gasteiger partial charge in [-0.2, -0.15) is 0 Å². The zero-order valence-electron chi connectivity index (χ0n) is 33.4. The van der Waals surface area contributed by atoms with E-state index in [0.29, 0.717) is 17.5 Å². The summed E-state index contributed by atoms with van der Waals surface area (Å²) in [6.45, 7) is 0. The maximum atomic E-state index is 5.62. The van der Waals surface area contributed by atoms with Crippen LogP contribution in [-0.4, -0.2) is 15.0 Å². The van der Waals surface area contributed by atoms with Gasteiger partial charge in [0.25, 0.3) is 0 Å². The van der Waals surface area contributed by atoms with E-state index < -0.39 is 0 Å². The van der Waals surface area contributed by atoms with Gasteiger partial charge in [0.05, 0.1) is 0 Å². The van der Waals surface area contributed by atoms with Crippen molar-refractivity contribution in [2.24, 2.45) is 0 Å². The third-order valence-corrected chi connectivity index (χ3v) is 14.2. The van der Waals surface area contributed by atoms with Crippen molar-refractivity contribution < 1.29 is 0 Å². The average molecular weight is 826 g/mol. The Morgan fingerprint density at radius 3 is 1.21 bits per heavy atom. The second-order valence-corrected chi connectivity index (χ2v) is 17.6. The molecule has 62 heavy (non-hydrogen) atoms. The molecule has 290 valence electrons. The Balaban J connectivity index is 1.22. The van der Waals surface area contributed by atoms with Crippen molar-refractivity contribution in [3.63, 3.8) is 0 Å². The Kier molecular flexibility index (Phi) is 8.87. The van der Waals surface area contributed by atoms with E-state index in [1.807, 2.05) is 0 Å². The fourth-order valence-corrected chi connectivity index (χ4v) is 11.3. The monoisotopic (exact) mass is 825 g/mol. The first kappa shape index (κ1) is 36.3. The fourth-order valence-electron chi connectivity index (χ4n) is 8.91. The van der Waals surface area contributed by atoms with Crippen LogP contribution in [0.5, 0.6) is 0 Å². The van der Waals surface area contributed by atoms with E-state index in [2.05, 4.69) is 212 Å². The standard InChI is InChI=1S/C57H35N3S2/c1-4-17-36(18-5-1)39-23-14-24-40(35-39)51-41(37-19-6-2-7-20-37)33-34-42(38-21-8-3-9-22-38)52(51)57-59-55(47-29-15-27-45-43-25-10-12-31-49(43)61-53(45)47)58-56(60-57)48-30-16-28-46-44-26-11-13-32-50(44)62-54(46)48/h1-35H. The Morgan fingerprint density at radius 1 is 0.258 bits per heavy atom. The highest BCUT2D eigenvalue weighted by molar-refractivity contribution is 7.26. The van der Waals surface area contributed by atoms with Gasteiger partial charge in [-0.25, -0.2) is 15.0 Å². The number of nitrogens with zero attached hydrogens (tertiary/aromatic N) is 3. The minimum atomic E-state index is 0.623. The van der Waals surface area contributed by atoms with Gasteiger partial charge in [0.15, 0.2) is 17.5 Å². The van der Waals surface area contributed by atoms with E-state index in [1.54, 1.807) is 22.7 Å². The quantitative estimate of drug-likeness (QED) is 0.161. The Bertz CT molecular complexity index is 3500. The first-order chi connectivity index (χ1) is 30.7. The summed E-state index contributed by atoms with van der Waals surface area (Å²) in [6, 6.07) is 75.7. The smallest absolute Gasteiger partial charge is 0.165 e. The van der Waals surface area contributed by atoms with E-state index in [-0.39, 0.29) is 0 Å². The molecule has 3 nitrogen and oxygen atoms in total. The molecule has 0 bridgehead atoms. The zero-order valence-corrected chi connectivity index (χ0v) is 35.0. The fraction of sp³-hybridized carbons (Fsp3) is 0. The molecule has 0 aliphatic carbocycles. The van der Waals surface area contributed by atoms with Crippen molar-refractivity contribution in [2.45, 2.75) is 0 Å². The van der Waals surface area contributed by atoms with Gasteiger partial charge in [0, 0.05) is 62.6 Å². The third kappa shape index (κ3) is 6.21. The number of hydrogen-bond acceptors (Lipinski definition) is 5. The normalized spacial score (nSPS) is 11.5. The Hall–Kier alpha value is -7.57. The molecule has 12 rings (SSSR count). The van der Waals surface area contributed by atoms with Crippen LogP contribution in [0, 0.1) is 0 Å². The number of rotatable bonds is 7. The van der Waals surface area contributed by atoms with Crippen LogP contribution in [0.4, 0.5) is 0 Å². The lowest BCUT2D eigenvalue weighted by atomic mass is 9.84. The van der Waals surface area contributed by atoms with E-state index in [9.17, 15) is 0 Å². The molecular formula is C57H35N3S2. The molecule has 5 heteroatoms. The molecule has 0 aliphatic rings. The highest BCUT2D eigenvalue weighted by Gasteiger charge is 2.25. The molecule has 3 aromatic heterocycles. The average Bonchev–Trinajstić information content (AvgIpc) is 3.93. The predicted octanol–water partition coefficient (Wildman–Crippen LogP) is 16.3. The van der Waals surface area contributed by atoms with E-state index in [1.165, 1.54) is 30.9 Å². The van der Waals surface area contributed by atoms with E-state index in [4.69, 9.17) is 15.0 Å². The van der Waals surface area contributed by atoms with Crippen LogP contribution in [-0.2, 0) is 0 Å². The molecule has 3 heterocycles. The molecule has 0 unspecified atom stereocenters. The lowest BCUT2D eigenvalue weighted by Crippen LogP contribution is -2.03. The summed E-state index contributed by atoms with van der Waals surface area (Å²) in [7, 11) is 0. The highest BCUT2D eigenvalue weighted by Crippen LogP contribution is 2.47. The molecule has 0 saturated heterocycles. The van der Waals surface area contributed by atoms with Crippen molar-refractivity contribution in [1.82, 2.24) is 15.0 Å². The van der Waals surface area contributed by atoms with Gasteiger partial charge in [-0.1, -0.05) is 182 Å². The highest BCUT2D eigenvalue weighted by atomic mass is 32.1. The molecule has 0 N–H and O–H groups in total. The van der Waals surface area contributed by atoms with Crippen LogP contribution in [0.15, 0.2) is 212 Å². The summed E-state index contributed by atoms with van der Waals surface area (Å²) in [5.74, 6) is 1.92. The molecular weight excluding hydrogens is 791 g/mol. The summed E-state index contributed by atoms with van der Waals surface area (Å²) >= 11 is 3.59. The molecule has 0 atom stereocenters.